The van der Waals surface area contributed by atoms with E-state index in [1.165, 1.54) is 48.5 Å². The van der Waals surface area contributed by atoms with Gasteiger partial charge in [-0.25, -0.2) is 13.2 Å². The fraction of sp³-hybridized carbons (Fsp3) is 0.424. The minimum Gasteiger partial charge on any atom is -0.443 e. The number of nitrogen functional groups attached to an aromatic ring is 1. The van der Waals surface area contributed by atoms with Crippen molar-refractivity contribution in [2.45, 2.75) is 61.0 Å². The van der Waals surface area contributed by atoms with E-state index >= 15 is 0 Å². The van der Waals surface area contributed by atoms with E-state index in [2.05, 4.69) is 5.32 Å². The van der Waals surface area contributed by atoms with Crippen LogP contribution in [0.4, 0.5) is 16.2 Å². The number of aliphatic hydroxyl groups is 1. The van der Waals surface area contributed by atoms with Crippen molar-refractivity contribution in [3.05, 3.63) is 88.5 Å². The Balaban J connectivity index is 1.34. The summed E-state index contributed by atoms with van der Waals surface area (Å²) >= 11 is 0. The summed E-state index contributed by atoms with van der Waals surface area (Å²) in [4.78, 5) is 23.2. The molecule has 51 heavy (non-hydrogen) atoms. The van der Waals surface area contributed by atoms with Crippen LogP contribution in [0.25, 0.3) is 0 Å². The van der Waals surface area contributed by atoms with Crippen LogP contribution < -0.4 is 15.2 Å². The lowest BCUT2D eigenvalue weighted by Gasteiger charge is -2.31. The predicted molar refractivity (Wildman–Crippen MR) is 183 cm³/mol. The lowest BCUT2D eigenvalue weighted by atomic mass is 10.0. The van der Waals surface area contributed by atoms with Gasteiger partial charge in [-0.2, -0.15) is 12.7 Å². The summed E-state index contributed by atoms with van der Waals surface area (Å²) in [7, 11) is -8.41. The van der Waals surface area contributed by atoms with Gasteiger partial charge in [-0.15, -0.1) is 0 Å². The number of alkyl carbamates (subject to hydrolysis) is 1. The molecular formula is C33H40N4O12S2. The second-order valence-corrected chi connectivity index (χ2v) is 16.2. The van der Waals surface area contributed by atoms with Crippen LogP contribution >= 0.6 is 0 Å². The van der Waals surface area contributed by atoms with Crippen LogP contribution in [0.2, 0.25) is 0 Å². The predicted octanol–water partition coefficient (Wildman–Crippen LogP) is 3.05. The highest BCUT2D eigenvalue weighted by Gasteiger charge is 2.44. The molecule has 0 spiro atoms. The van der Waals surface area contributed by atoms with Gasteiger partial charge < -0.3 is 34.6 Å². The first kappa shape index (κ1) is 37.9. The van der Waals surface area contributed by atoms with E-state index in [1.807, 2.05) is 13.8 Å². The maximum absolute atomic E-state index is 13.7. The second-order valence-electron chi connectivity index (χ2n) is 12.7. The summed E-state index contributed by atoms with van der Waals surface area (Å²) in [6.45, 7) is 3.97. The third kappa shape index (κ3) is 9.52. The fourth-order valence-corrected chi connectivity index (χ4v) is 8.35. The molecule has 1 unspecified atom stereocenters. The number of carbonyl (C=O) groups excluding carboxylic acids is 1. The van der Waals surface area contributed by atoms with E-state index in [-0.39, 0.29) is 59.2 Å². The number of ether oxygens (including phenoxy) is 3. The third-order valence-corrected chi connectivity index (χ3v) is 11.5. The molecular weight excluding hydrogens is 709 g/mol. The molecule has 5 atom stereocenters. The number of nitrogens with two attached hydrogens (primary N) is 1. The normalized spacial score (nSPS) is 20.1. The number of rotatable bonds is 15. The Hall–Kier alpha value is -4.33. The summed E-state index contributed by atoms with van der Waals surface area (Å²) in [6.07, 6.45) is -2.67. The number of nitro groups is 1. The van der Waals surface area contributed by atoms with Gasteiger partial charge in [0, 0.05) is 30.9 Å². The number of nitrogens with one attached hydrogen (secondary N) is 1. The molecule has 0 radical (unpaired) electrons. The van der Waals surface area contributed by atoms with Gasteiger partial charge in [0.25, 0.3) is 5.69 Å². The monoisotopic (exact) mass is 748 g/mol. The lowest BCUT2D eigenvalue weighted by molar-refractivity contribution is -0.384. The summed E-state index contributed by atoms with van der Waals surface area (Å²) in [5, 5.41) is 25.2. The summed E-state index contributed by atoms with van der Waals surface area (Å²) < 4.78 is 76.0. The van der Waals surface area contributed by atoms with E-state index in [0.29, 0.717) is 24.3 Å². The highest BCUT2D eigenvalue weighted by atomic mass is 32.2. The van der Waals surface area contributed by atoms with Gasteiger partial charge in [0.05, 0.1) is 41.1 Å². The Morgan fingerprint density at radius 2 is 1.65 bits per heavy atom. The molecule has 2 aliphatic rings. The molecule has 0 saturated carbocycles. The van der Waals surface area contributed by atoms with E-state index in [0.717, 1.165) is 28.6 Å². The summed E-state index contributed by atoms with van der Waals surface area (Å²) in [5.41, 5.74) is 6.40. The SMILES string of the molecule is CC(C)CN(C[C@@H](O)[C@H](Cc1ccc(OS(=O)(=O)c2ccc([N+](=O)[O-])cc2)cc1)NC(=O)OC1CO[C@H]2OCC[C@@H]12)S(=O)(=O)c1ccc(N)cc1. The highest BCUT2D eigenvalue weighted by Crippen LogP contribution is 2.33. The van der Waals surface area contributed by atoms with E-state index in [1.54, 1.807) is 0 Å². The smallest absolute Gasteiger partial charge is 0.407 e. The molecule has 2 heterocycles. The van der Waals surface area contributed by atoms with Crippen LogP contribution in [-0.2, 0) is 40.8 Å². The molecule has 4 N–H and O–H groups in total. The molecule has 2 saturated heterocycles. The first-order valence-corrected chi connectivity index (χ1v) is 19.0. The number of carbonyl (C=O) groups is 1. The Morgan fingerprint density at radius 1 is 1.00 bits per heavy atom. The Kier molecular flexibility index (Phi) is 11.8. The number of non-ortho nitro benzene ring substituents is 1. The Morgan fingerprint density at radius 3 is 2.27 bits per heavy atom. The van der Waals surface area contributed by atoms with Crippen LogP contribution in [0.3, 0.4) is 0 Å². The van der Waals surface area contributed by atoms with Crippen LogP contribution in [0.15, 0.2) is 82.6 Å². The van der Waals surface area contributed by atoms with Crippen molar-refractivity contribution >= 4 is 37.6 Å². The zero-order valence-electron chi connectivity index (χ0n) is 27.9. The number of nitro benzene ring substituents is 1. The summed E-state index contributed by atoms with van der Waals surface area (Å²) in [5.74, 6) is -0.315. The number of hydrogen-bond donors (Lipinski definition) is 3. The van der Waals surface area contributed by atoms with Crippen molar-refractivity contribution in [2.24, 2.45) is 11.8 Å². The second kappa shape index (κ2) is 15.9. The third-order valence-electron chi connectivity index (χ3n) is 8.41. The molecule has 1 amide bonds. The highest BCUT2D eigenvalue weighted by molar-refractivity contribution is 7.89. The van der Waals surface area contributed by atoms with Crippen molar-refractivity contribution in [3.63, 3.8) is 0 Å². The average Bonchev–Trinajstić information content (AvgIpc) is 3.70. The fourth-order valence-electron chi connectivity index (χ4n) is 5.80. The van der Waals surface area contributed by atoms with Crippen LogP contribution in [-0.4, -0.2) is 88.1 Å². The van der Waals surface area contributed by atoms with Gasteiger partial charge in [-0.1, -0.05) is 26.0 Å². The van der Waals surface area contributed by atoms with Crippen LogP contribution in [0, 0.1) is 22.0 Å². The van der Waals surface area contributed by atoms with Gasteiger partial charge in [0.15, 0.2) is 6.29 Å². The minimum atomic E-state index is -4.33. The number of benzene rings is 3. The minimum absolute atomic E-state index is 0.0118. The van der Waals surface area contributed by atoms with Crippen molar-refractivity contribution in [1.82, 2.24) is 9.62 Å². The van der Waals surface area contributed by atoms with Gasteiger partial charge in [0.2, 0.25) is 10.0 Å². The largest absolute Gasteiger partial charge is 0.443 e. The number of sulfonamides is 1. The van der Waals surface area contributed by atoms with Gasteiger partial charge in [0.1, 0.15) is 16.7 Å². The molecule has 2 fully saturated rings. The number of nitrogens with zero attached hydrogens (tertiary/aromatic N) is 2. The Labute approximate surface area is 295 Å². The van der Waals surface area contributed by atoms with Gasteiger partial charge >= 0.3 is 16.2 Å². The molecule has 18 heteroatoms. The topological polar surface area (TPSA) is 227 Å². The summed E-state index contributed by atoms with van der Waals surface area (Å²) in [6, 6.07) is 14.6. The van der Waals surface area contributed by atoms with Crippen molar-refractivity contribution in [3.8, 4) is 5.75 Å². The van der Waals surface area contributed by atoms with E-state index in [9.17, 15) is 36.9 Å². The molecule has 0 bridgehead atoms. The van der Waals surface area contributed by atoms with Crippen molar-refractivity contribution < 1.29 is 50.1 Å². The molecule has 16 nitrogen and oxygen atoms in total. The van der Waals surface area contributed by atoms with Gasteiger partial charge in [-0.3, -0.25) is 10.1 Å². The van der Waals surface area contributed by atoms with E-state index in [4.69, 9.17) is 24.1 Å². The number of amides is 1. The number of anilines is 1. The van der Waals surface area contributed by atoms with Crippen molar-refractivity contribution in [2.75, 3.05) is 32.0 Å². The molecule has 0 aromatic heterocycles. The molecule has 0 aliphatic carbocycles. The molecule has 2 aliphatic heterocycles. The molecule has 3 aromatic rings. The maximum atomic E-state index is 13.7. The average molecular weight is 749 g/mol. The van der Waals surface area contributed by atoms with Crippen molar-refractivity contribution in [1.29, 1.82) is 0 Å². The number of fused-ring (bicyclic) bond motifs is 1. The Bertz CT molecular complexity index is 1890. The molecule has 276 valence electrons. The number of hydrogen-bond acceptors (Lipinski definition) is 13. The molecule has 5 rings (SSSR count). The number of aliphatic hydroxyl groups excluding tert-OH is 1. The maximum Gasteiger partial charge on any atom is 0.407 e. The quantitative estimate of drug-likeness (QED) is 0.0880. The first-order valence-electron chi connectivity index (χ1n) is 16.1. The zero-order chi connectivity index (χ0) is 36.9. The standard InChI is InChI=1S/C33H40N4O12S2/c1-21(2)18-36(50(42,43)26-11-5-23(34)6-12-26)19-30(38)29(35-33(39)48-31-20-47-32-28(31)15-16-46-32)17-22-3-9-25(10-4-22)49-51(44,45)27-13-7-24(8-14-27)37(40)41/h3-14,21,28-32,38H,15-20,34H2,1-2H3,(H,35,39)/t28-,29-,30+,31?,32+/m0/s1. The molecule has 3 aromatic carbocycles. The van der Waals surface area contributed by atoms with Crippen LogP contribution in [0.5, 0.6) is 5.75 Å². The lowest BCUT2D eigenvalue weighted by Crippen LogP contribution is -2.51. The van der Waals surface area contributed by atoms with Crippen LogP contribution in [0.1, 0.15) is 25.8 Å². The zero-order valence-corrected chi connectivity index (χ0v) is 29.5. The van der Waals surface area contributed by atoms with Gasteiger partial charge in [-0.05, 0) is 72.9 Å². The van der Waals surface area contributed by atoms with E-state index < -0.39 is 55.7 Å². The first-order chi connectivity index (χ1) is 24.1.